The number of hydrogen-bond donors (Lipinski definition) is 2. The molecule has 1 amide bonds. The van der Waals surface area contributed by atoms with Gasteiger partial charge >= 0.3 is 0 Å². The molecule has 2 heterocycles. The van der Waals surface area contributed by atoms with Gasteiger partial charge in [-0.15, -0.1) is 0 Å². The van der Waals surface area contributed by atoms with E-state index in [2.05, 4.69) is 16.9 Å². The summed E-state index contributed by atoms with van der Waals surface area (Å²) in [6.45, 7) is 3.46. The normalized spacial score (nSPS) is 19.2. The minimum Gasteiger partial charge on any atom is -0.356 e. The molecule has 1 atom stereocenters. The van der Waals surface area contributed by atoms with Crippen molar-refractivity contribution in [3.63, 3.8) is 0 Å². The van der Waals surface area contributed by atoms with E-state index in [1.807, 2.05) is 0 Å². The summed E-state index contributed by atoms with van der Waals surface area (Å²) in [6, 6.07) is 9.62. The summed E-state index contributed by atoms with van der Waals surface area (Å²) in [7, 11) is 0. The highest BCUT2D eigenvalue weighted by molar-refractivity contribution is 6.34. The summed E-state index contributed by atoms with van der Waals surface area (Å²) in [5, 5.41) is 2.99. The highest BCUT2D eigenvalue weighted by Gasteiger charge is 2.42. The first-order chi connectivity index (χ1) is 11.4. The Labute approximate surface area is 143 Å². The van der Waals surface area contributed by atoms with Crippen LogP contribution in [0.3, 0.4) is 0 Å². The maximum Gasteiger partial charge on any atom is 0.280 e. The molecule has 1 aliphatic heterocycles. The minimum atomic E-state index is -2.82. The van der Waals surface area contributed by atoms with Gasteiger partial charge in [-0.2, -0.15) is 0 Å². The average molecular weight is 352 g/mol. The van der Waals surface area contributed by atoms with Crippen LogP contribution in [-0.2, 0) is 0 Å². The Balaban J connectivity index is 1.96. The quantitative estimate of drug-likeness (QED) is 0.879. The van der Waals surface area contributed by atoms with Crippen LogP contribution in [0, 0.1) is 0 Å². The standard InChI is InChI=1S/C17H16ClF2N3O/c1-11(14-9-17(19,20)10-22-14)23(12-5-3-2-4-6-12)16(24)15-13(18)7-8-21-15/h2-8,14,21-22H,1,9-10H2. The molecule has 0 spiro atoms. The van der Waals surface area contributed by atoms with Gasteiger partial charge in [-0.25, -0.2) is 8.78 Å². The van der Waals surface area contributed by atoms with Crippen LogP contribution < -0.4 is 10.2 Å². The maximum absolute atomic E-state index is 13.5. The molecule has 2 N–H and O–H groups in total. The Bertz CT molecular complexity index is 760. The van der Waals surface area contributed by atoms with Gasteiger partial charge in [0, 0.05) is 24.0 Å². The Hall–Kier alpha value is -2.18. The number of aromatic amines is 1. The number of aromatic nitrogens is 1. The van der Waals surface area contributed by atoms with Crippen LogP contribution in [-0.4, -0.2) is 29.4 Å². The number of alkyl halides is 2. The number of benzene rings is 1. The number of hydrogen-bond acceptors (Lipinski definition) is 2. The lowest BCUT2D eigenvalue weighted by Gasteiger charge is -2.28. The SMILES string of the molecule is C=C(C1CC(F)(F)CN1)N(C(=O)c1[nH]ccc1Cl)c1ccccc1. The molecular weight excluding hydrogens is 336 g/mol. The first-order valence-electron chi connectivity index (χ1n) is 7.41. The number of H-pyrrole nitrogens is 1. The van der Waals surface area contributed by atoms with E-state index in [0.717, 1.165) is 0 Å². The molecule has 0 bridgehead atoms. The molecule has 1 unspecified atom stereocenters. The first-order valence-corrected chi connectivity index (χ1v) is 7.79. The molecule has 126 valence electrons. The topological polar surface area (TPSA) is 48.1 Å². The third kappa shape index (κ3) is 3.20. The zero-order chi connectivity index (χ0) is 17.3. The fourth-order valence-corrected chi connectivity index (χ4v) is 2.92. The number of nitrogens with zero attached hydrogens (tertiary/aromatic N) is 1. The van der Waals surface area contributed by atoms with Gasteiger partial charge in [-0.3, -0.25) is 9.69 Å². The van der Waals surface area contributed by atoms with E-state index < -0.39 is 30.8 Å². The smallest absolute Gasteiger partial charge is 0.280 e. The summed E-state index contributed by atoms with van der Waals surface area (Å²) >= 11 is 6.03. The van der Waals surface area contributed by atoms with Gasteiger partial charge in [0.1, 0.15) is 5.69 Å². The summed E-state index contributed by atoms with van der Waals surface area (Å²) in [5.41, 5.74) is 0.982. The van der Waals surface area contributed by atoms with Gasteiger partial charge < -0.3 is 10.3 Å². The first kappa shape index (κ1) is 16.7. The van der Waals surface area contributed by atoms with Crippen molar-refractivity contribution in [2.24, 2.45) is 0 Å². The zero-order valence-electron chi connectivity index (χ0n) is 12.7. The fraction of sp³-hybridized carbons (Fsp3) is 0.235. The van der Waals surface area contributed by atoms with Crippen LogP contribution >= 0.6 is 11.6 Å². The van der Waals surface area contributed by atoms with Crippen molar-refractivity contribution in [2.75, 3.05) is 11.4 Å². The monoisotopic (exact) mass is 351 g/mol. The molecule has 4 nitrogen and oxygen atoms in total. The molecule has 2 aromatic rings. The maximum atomic E-state index is 13.5. The third-order valence-corrected chi connectivity index (χ3v) is 4.24. The van der Waals surface area contributed by atoms with Crippen molar-refractivity contribution < 1.29 is 13.6 Å². The molecule has 3 rings (SSSR count). The number of anilines is 1. The molecule has 0 radical (unpaired) electrons. The van der Waals surface area contributed by atoms with Crippen LogP contribution in [0.1, 0.15) is 16.9 Å². The van der Waals surface area contributed by atoms with Crippen molar-refractivity contribution in [1.82, 2.24) is 10.3 Å². The Morgan fingerprint density at radius 3 is 2.54 bits per heavy atom. The predicted molar refractivity (Wildman–Crippen MR) is 89.5 cm³/mol. The number of rotatable bonds is 4. The molecule has 1 aromatic heterocycles. The molecular formula is C17H16ClF2N3O. The van der Waals surface area contributed by atoms with E-state index >= 15 is 0 Å². The second kappa shape index (κ2) is 6.37. The lowest BCUT2D eigenvalue weighted by atomic mass is 10.1. The van der Waals surface area contributed by atoms with Crippen LogP contribution in [0.4, 0.5) is 14.5 Å². The van der Waals surface area contributed by atoms with E-state index in [1.54, 1.807) is 42.6 Å². The molecule has 7 heteroatoms. The summed E-state index contributed by atoms with van der Waals surface area (Å²) < 4.78 is 27.0. The number of amides is 1. The fourth-order valence-electron chi connectivity index (χ4n) is 2.72. The van der Waals surface area contributed by atoms with Crippen molar-refractivity contribution >= 4 is 23.2 Å². The van der Waals surface area contributed by atoms with E-state index in [4.69, 9.17) is 11.6 Å². The molecule has 0 saturated carbocycles. The second-order valence-electron chi connectivity index (χ2n) is 5.66. The summed E-state index contributed by atoms with van der Waals surface area (Å²) in [6.07, 6.45) is 1.14. The van der Waals surface area contributed by atoms with Gasteiger partial charge in [-0.05, 0) is 18.2 Å². The van der Waals surface area contributed by atoms with E-state index in [-0.39, 0.29) is 16.4 Å². The average Bonchev–Trinajstić information content (AvgIpc) is 3.13. The molecule has 1 fully saturated rings. The molecule has 1 aliphatic rings. The number of carbonyl (C=O) groups excluding carboxylic acids is 1. The zero-order valence-corrected chi connectivity index (χ0v) is 13.5. The highest BCUT2D eigenvalue weighted by Crippen LogP contribution is 2.32. The lowest BCUT2D eigenvalue weighted by Crippen LogP contribution is -2.39. The Kier molecular flexibility index (Phi) is 4.43. The van der Waals surface area contributed by atoms with Gasteiger partial charge in [0.05, 0.1) is 17.6 Å². The third-order valence-electron chi connectivity index (χ3n) is 3.93. The number of halogens is 3. The molecule has 0 aliphatic carbocycles. The molecule has 1 saturated heterocycles. The molecule has 1 aromatic carbocycles. The van der Waals surface area contributed by atoms with Gasteiger partial charge in [0.15, 0.2) is 0 Å². The van der Waals surface area contributed by atoms with Crippen molar-refractivity contribution in [3.8, 4) is 0 Å². The summed E-state index contributed by atoms with van der Waals surface area (Å²) in [4.78, 5) is 17.0. The summed E-state index contributed by atoms with van der Waals surface area (Å²) in [5.74, 6) is -3.26. The minimum absolute atomic E-state index is 0.187. The van der Waals surface area contributed by atoms with Crippen LogP contribution in [0.15, 0.2) is 54.9 Å². The number of nitrogens with one attached hydrogen (secondary N) is 2. The van der Waals surface area contributed by atoms with E-state index in [9.17, 15) is 13.6 Å². The van der Waals surface area contributed by atoms with Crippen LogP contribution in [0.25, 0.3) is 0 Å². The molecule has 24 heavy (non-hydrogen) atoms. The number of para-hydroxylation sites is 1. The van der Waals surface area contributed by atoms with Crippen LogP contribution in [0.2, 0.25) is 5.02 Å². The lowest BCUT2D eigenvalue weighted by molar-refractivity contribution is 0.0218. The van der Waals surface area contributed by atoms with Gasteiger partial charge in [0.25, 0.3) is 11.8 Å². The Morgan fingerprint density at radius 1 is 1.29 bits per heavy atom. The van der Waals surface area contributed by atoms with Gasteiger partial charge in [0.2, 0.25) is 0 Å². The van der Waals surface area contributed by atoms with Crippen molar-refractivity contribution in [2.45, 2.75) is 18.4 Å². The van der Waals surface area contributed by atoms with Crippen LogP contribution in [0.5, 0.6) is 0 Å². The Morgan fingerprint density at radius 2 is 2.00 bits per heavy atom. The van der Waals surface area contributed by atoms with E-state index in [1.165, 1.54) is 4.90 Å². The highest BCUT2D eigenvalue weighted by atomic mass is 35.5. The predicted octanol–water partition coefficient (Wildman–Crippen LogP) is 3.83. The number of carbonyl (C=O) groups is 1. The second-order valence-corrected chi connectivity index (χ2v) is 6.07. The largest absolute Gasteiger partial charge is 0.356 e. The van der Waals surface area contributed by atoms with Gasteiger partial charge in [-0.1, -0.05) is 36.4 Å². The van der Waals surface area contributed by atoms with Crippen molar-refractivity contribution in [1.29, 1.82) is 0 Å². The van der Waals surface area contributed by atoms with Crippen molar-refractivity contribution in [3.05, 3.63) is 65.6 Å². The van der Waals surface area contributed by atoms with E-state index in [0.29, 0.717) is 5.69 Å².